The first-order valence-electron chi connectivity index (χ1n) is 7.14. The first-order chi connectivity index (χ1) is 11.1. The van der Waals surface area contributed by atoms with Gasteiger partial charge in [-0.25, -0.2) is 0 Å². The van der Waals surface area contributed by atoms with E-state index in [1.54, 1.807) is 30.3 Å². The quantitative estimate of drug-likeness (QED) is 0.483. The number of ketones is 1. The summed E-state index contributed by atoms with van der Waals surface area (Å²) in [6, 6.07) is 19.8. The van der Waals surface area contributed by atoms with Crippen LogP contribution in [-0.2, 0) is 11.3 Å². The van der Waals surface area contributed by atoms with E-state index in [9.17, 15) is 14.9 Å². The molecule has 0 saturated carbocycles. The number of allylic oxidation sites excluding steroid dienone is 1. The molecular formula is C19H16N2O2. The minimum absolute atomic E-state index is 0.0673. The lowest BCUT2D eigenvalue weighted by atomic mass is 10.1. The van der Waals surface area contributed by atoms with E-state index < -0.39 is 5.78 Å². The van der Waals surface area contributed by atoms with Crippen LogP contribution in [0, 0.1) is 11.3 Å². The Morgan fingerprint density at radius 2 is 1.61 bits per heavy atom. The van der Waals surface area contributed by atoms with Gasteiger partial charge in [0.15, 0.2) is 0 Å². The number of carbonyl (C=O) groups is 2. The highest BCUT2D eigenvalue weighted by molar-refractivity contribution is 6.11. The van der Waals surface area contributed by atoms with Crippen LogP contribution in [0.4, 0.5) is 0 Å². The molecule has 0 aliphatic carbocycles. The predicted octanol–water partition coefficient (Wildman–Crippen LogP) is 3.33. The van der Waals surface area contributed by atoms with Gasteiger partial charge in [-0.05, 0) is 5.56 Å². The second-order valence-electron chi connectivity index (χ2n) is 4.98. The lowest BCUT2D eigenvalue weighted by molar-refractivity contribution is -0.126. The molecule has 0 aromatic heterocycles. The van der Waals surface area contributed by atoms with Crippen molar-refractivity contribution < 1.29 is 9.59 Å². The number of nitrogens with zero attached hydrogens (tertiary/aromatic N) is 2. The Kier molecular flexibility index (Phi) is 5.43. The number of rotatable bonds is 5. The van der Waals surface area contributed by atoms with E-state index in [1.807, 2.05) is 36.4 Å². The van der Waals surface area contributed by atoms with Gasteiger partial charge in [-0.3, -0.25) is 9.59 Å². The van der Waals surface area contributed by atoms with Crippen LogP contribution >= 0.6 is 0 Å². The Balaban J connectivity index is 2.28. The summed E-state index contributed by atoms with van der Waals surface area (Å²) >= 11 is 0. The number of Topliss-reactive ketones (excluding diaryl/α,β-unsaturated/α-hetero) is 1. The molecule has 0 spiro atoms. The third-order valence-electron chi connectivity index (χ3n) is 3.29. The van der Waals surface area contributed by atoms with Gasteiger partial charge in [0.1, 0.15) is 11.6 Å². The van der Waals surface area contributed by atoms with Crippen LogP contribution in [0.5, 0.6) is 0 Å². The Bertz CT molecular complexity index is 759. The van der Waals surface area contributed by atoms with Gasteiger partial charge in [0, 0.05) is 18.7 Å². The van der Waals surface area contributed by atoms with Crippen LogP contribution < -0.4 is 0 Å². The summed E-state index contributed by atoms with van der Waals surface area (Å²) in [5.74, 6) is -0.630. The zero-order valence-electron chi connectivity index (χ0n) is 12.8. The van der Waals surface area contributed by atoms with Crippen molar-refractivity contribution in [3.63, 3.8) is 0 Å². The van der Waals surface area contributed by atoms with Crippen LogP contribution in [0.1, 0.15) is 22.8 Å². The molecule has 0 heterocycles. The van der Waals surface area contributed by atoms with E-state index in [0.717, 1.165) is 5.56 Å². The molecule has 23 heavy (non-hydrogen) atoms. The van der Waals surface area contributed by atoms with Crippen molar-refractivity contribution in [2.45, 2.75) is 13.5 Å². The zero-order chi connectivity index (χ0) is 16.7. The summed E-state index contributed by atoms with van der Waals surface area (Å²) in [5.41, 5.74) is 1.27. The average Bonchev–Trinajstić information content (AvgIpc) is 2.59. The van der Waals surface area contributed by atoms with Crippen molar-refractivity contribution in [3.05, 3.63) is 83.6 Å². The van der Waals surface area contributed by atoms with Crippen molar-refractivity contribution in [1.82, 2.24) is 4.90 Å². The third kappa shape index (κ3) is 4.39. The van der Waals surface area contributed by atoms with Crippen LogP contribution in [0.15, 0.2) is 72.4 Å². The molecule has 0 unspecified atom stereocenters. The van der Waals surface area contributed by atoms with Crippen molar-refractivity contribution in [3.8, 4) is 6.07 Å². The van der Waals surface area contributed by atoms with Crippen molar-refractivity contribution in [2.75, 3.05) is 0 Å². The van der Waals surface area contributed by atoms with E-state index in [2.05, 4.69) is 0 Å². The number of carbonyl (C=O) groups excluding carboxylic acids is 2. The summed E-state index contributed by atoms with van der Waals surface area (Å²) in [4.78, 5) is 25.5. The van der Waals surface area contributed by atoms with E-state index >= 15 is 0 Å². The number of amides is 1. The summed E-state index contributed by atoms with van der Waals surface area (Å²) in [6.45, 7) is 1.71. The number of hydrogen-bond acceptors (Lipinski definition) is 3. The van der Waals surface area contributed by atoms with Crippen LogP contribution in [-0.4, -0.2) is 16.6 Å². The second-order valence-corrected chi connectivity index (χ2v) is 4.98. The summed E-state index contributed by atoms with van der Waals surface area (Å²) in [6.07, 6.45) is 1.32. The van der Waals surface area contributed by atoms with E-state index in [-0.39, 0.29) is 11.5 Å². The zero-order valence-corrected chi connectivity index (χ0v) is 12.8. The van der Waals surface area contributed by atoms with E-state index in [0.29, 0.717) is 12.1 Å². The average molecular weight is 304 g/mol. The van der Waals surface area contributed by atoms with Crippen molar-refractivity contribution in [1.29, 1.82) is 5.26 Å². The Morgan fingerprint density at radius 3 is 2.13 bits per heavy atom. The molecule has 2 rings (SSSR count). The molecule has 114 valence electrons. The highest BCUT2D eigenvalue weighted by atomic mass is 16.2. The third-order valence-corrected chi connectivity index (χ3v) is 3.29. The fourth-order valence-electron chi connectivity index (χ4n) is 2.07. The molecule has 0 aliphatic rings. The smallest absolute Gasteiger partial charge is 0.223 e. The molecule has 0 aliphatic heterocycles. The van der Waals surface area contributed by atoms with E-state index in [1.165, 1.54) is 18.0 Å². The normalized spacial score (nSPS) is 10.7. The fraction of sp³-hybridized carbons (Fsp3) is 0.105. The highest BCUT2D eigenvalue weighted by Crippen LogP contribution is 2.11. The van der Waals surface area contributed by atoms with Crippen molar-refractivity contribution >= 4 is 11.7 Å². The first kappa shape index (κ1) is 16.2. The highest BCUT2D eigenvalue weighted by Gasteiger charge is 2.15. The van der Waals surface area contributed by atoms with Gasteiger partial charge in [-0.15, -0.1) is 0 Å². The molecule has 2 aromatic rings. The topological polar surface area (TPSA) is 61.2 Å². The molecule has 4 heteroatoms. The summed E-state index contributed by atoms with van der Waals surface area (Å²) in [7, 11) is 0. The lowest BCUT2D eigenvalue weighted by Crippen LogP contribution is -2.23. The minimum atomic E-state index is -0.396. The van der Waals surface area contributed by atoms with Crippen LogP contribution in [0.2, 0.25) is 0 Å². The molecule has 0 bridgehead atoms. The van der Waals surface area contributed by atoms with Gasteiger partial charge in [0.05, 0.1) is 6.54 Å². The summed E-state index contributed by atoms with van der Waals surface area (Å²) in [5, 5.41) is 9.28. The lowest BCUT2D eigenvalue weighted by Gasteiger charge is -2.17. The van der Waals surface area contributed by atoms with Gasteiger partial charge in [0.2, 0.25) is 11.7 Å². The molecule has 0 atom stereocenters. The van der Waals surface area contributed by atoms with Crippen LogP contribution in [0.3, 0.4) is 0 Å². The van der Waals surface area contributed by atoms with Gasteiger partial charge in [0.25, 0.3) is 0 Å². The number of benzene rings is 2. The molecule has 2 aromatic carbocycles. The standard InChI is InChI=1S/C19H16N2O2/c1-15(22)21(13-16-8-4-2-5-9-16)14-18(12-20)19(23)17-10-6-3-7-11-17/h2-11,14H,13H2,1H3/b18-14+. The SMILES string of the molecule is CC(=O)N(/C=C(\C#N)C(=O)c1ccccc1)Cc1ccccc1. The number of hydrogen-bond donors (Lipinski definition) is 0. The number of nitriles is 1. The van der Waals surface area contributed by atoms with E-state index in [4.69, 9.17) is 0 Å². The maximum atomic E-state index is 12.4. The Labute approximate surface area is 135 Å². The molecule has 0 N–H and O–H groups in total. The molecule has 0 saturated heterocycles. The van der Waals surface area contributed by atoms with Gasteiger partial charge < -0.3 is 4.90 Å². The van der Waals surface area contributed by atoms with Gasteiger partial charge >= 0.3 is 0 Å². The molecular weight excluding hydrogens is 288 g/mol. The largest absolute Gasteiger partial charge is 0.313 e. The summed E-state index contributed by atoms with van der Waals surface area (Å²) < 4.78 is 0. The maximum absolute atomic E-state index is 12.4. The molecule has 0 fully saturated rings. The Morgan fingerprint density at radius 1 is 1.04 bits per heavy atom. The Hall–Kier alpha value is -3.19. The van der Waals surface area contributed by atoms with Gasteiger partial charge in [-0.2, -0.15) is 5.26 Å². The molecule has 1 amide bonds. The first-order valence-corrected chi connectivity index (χ1v) is 7.14. The fourth-order valence-corrected chi connectivity index (χ4v) is 2.07. The minimum Gasteiger partial charge on any atom is -0.313 e. The second kappa shape index (κ2) is 7.71. The van der Waals surface area contributed by atoms with Gasteiger partial charge in [-0.1, -0.05) is 60.7 Å². The molecule has 0 radical (unpaired) electrons. The van der Waals surface area contributed by atoms with Crippen LogP contribution in [0.25, 0.3) is 0 Å². The maximum Gasteiger partial charge on any atom is 0.223 e. The van der Waals surface area contributed by atoms with Crippen molar-refractivity contribution in [2.24, 2.45) is 0 Å². The molecule has 4 nitrogen and oxygen atoms in total. The predicted molar refractivity (Wildman–Crippen MR) is 87.1 cm³/mol. The monoisotopic (exact) mass is 304 g/mol.